The quantitative estimate of drug-likeness (QED) is 0.402. The van der Waals surface area contributed by atoms with Crippen molar-refractivity contribution in [3.05, 3.63) is 88.9 Å². The van der Waals surface area contributed by atoms with Crippen LogP contribution in [0.25, 0.3) is 16.8 Å². The second kappa shape index (κ2) is 8.64. The molecule has 4 heterocycles. The van der Waals surface area contributed by atoms with E-state index in [9.17, 15) is 9.18 Å². The number of amides is 1. The Labute approximate surface area is 200 Å². The molecule has 0 spiro atoms. The first-order valence-corrected chi connectivity index (χ1v) is 11.0. The molecular formula is C25H23FN8O. The molecule has 1 amide bonds. The predicted molar refractivity (Wildman–Crippen MR) is 131 cm³/mol. The number of anilines is 2. The van der Waals surface area contributed by atoms with E-state index in [1.165, 1.54) is 18.5 Å². The molecular weight excluding hydrogens is 447 g/mol. The van der Waals surface area contributed by atoms with E-state index in [2.05, 4.69) is 25.5 Å². The zero-order chi connectivity index (χ0) is 24.7. The van der Waals surface area contributed by atoms with Gasteiger partial charge in [0.1, 0.15) is 17.7 Å². The highest BCUT2D eigenvalue weighted by Crippen LogP contribution is 2.28. The number of halogens is 1. The van der Waals surface area contributed by atoms with Crippen molar-refractivity contribution < 1.29 is 9.18 Å². The third-order valence-electron chi connectivity index (χ3n) is 5.87. The number of nitrogens with zero attached hydrogens (tertiary/aromatic N) is 6. The van der Waals surface area contributed by atoms with Crippen LogP contribution in [0.15, 0.2) is 55.0 Å². The van der Waals surface area contributed by atoms with Crippen LogP contribution in [-0.4, -0.2) is 35.3 Å². The molecule has 0 aliphatic carbocycles. The first-order valence-electron chi connectivity index (χ1n) is 11.0. The number of hydrogen-bond donors (Lipinski definition) is 2. The highest BCUT2D eigenvalue weighted by atomic mass is 19.1. The Kier molecular flexibility index (Phi) is 5.48. The minimum Gasteiger partial charge on any atom is -0.382 e. The Morgan fingerprint density at radius 2 is 1.86 bits per heavy atom. The number of hydrogen-bond acceptors (Lipinski definition) is 6. The zero-order valence-electron chi connectivity index (χ0n) is 19.5. The lowest BCUT2D eigenvalue weighted by molar-refractivity contribution is 0.102. The van der Waals surface area contributed by atoms with Crippen LogP contribution < -0.4 is 11.1 Å². The summed E-state index contributed by atoms with van der Waals surface area (Å²) in [4.78, 5) is 21.7. The smallest absolute Gasteiger partial charge is 0.258 e. The Balaban J connectivity index is 1.42. The highest BCUT2D eigenvalue weighted by Gasteiger charge is 2.18. The number of pyridine rings is 1. The van der Waals surface area contributed by atoms with Crippen molar-refractivity contribution in [2.75, 3.05) is 11.1 Å². The predicted octanol–water partition coefficient (Wildman–Crippen LogP) is 3.93. The molecule has 0 atom stereocenters. The van der Waals surface area contributed by atoms with Gasteiger partial charge in [0, 0.05) is 23.5 Å². The highest BCUT2D eigenvalue weighted by molar-refractivity contribution is 6.05. The van der Waals surface area contributed by atoms with Gasteiger partial charge in [0.2, 0.25) is 0 Å². The second-order valence-corrected chi connectivity index (χ2v) is 8.38. The molecule has 0 aliphatic rings. The number of rotatable bonds is 5. The molecule has 176 valence electrons. The summed E-state index contributed by atoms with van der Waals surface area (Å²) in [6, 6.07) is 11.7. The number of fused-ring (bicyclic) bond motifs is 1. The van der Waals surface area contributed by atoms with Crippen LogP contribution in [-0.2, 0) is 6.54 Å². The van der Waals surface area contributed by atoms with Crippen molar-refractivity contribution in [1.29, 1.82) is 0 Å². The van der Waals surface area contributed by atoms with Crippen LogP contribution in [0.3, 0.4) is 0 Å². The number of nitrogens with one attached hydrogen (secondary N) is 1. The summed E-state index contributed by atoms with van der Waals surface area (Å²) in [5.74, 6) is 0.191. The van der Waals surface area contributed by atoms with E-state index >= 15 is 0 Å². The SMILES string of the molecule is Cc1ncc(-c2cc(C)c3c(N)ncnn23)cc1C(=O)Nc1cc(C)n(Cc2ccc(F)cc2)n1. The third kappa shape index (κ3) is 4.21. The standard InChI is InChI=1S/C25H23FN8O/c1-14-8-21(34-23(14)24(27)29-13-30-34)18-10-20(16(3)28-11-18)25(35)31-22-9-15(2)33(32-22)12-17-4-6-19(26)7-5-17/h4-11,13H,12H2,1-3H3,(H2,27,29,30)(H,31,32,35). The summed E-state index contributed by atoms with van der Waals surface area (Å²) in [6.07, 6.45) is 3.10. The summed E-state index contributed by atoms with van der Waals surface area (Å²) in [5.41, 5.74) is 11.9. The number of aromatic nitrogens is 6. The summed E-state index contributed by atoms with van der Waals surface area (Å²) in [5, 5.41) is 11.7. The summed E-state index contributed by atoms with van der Waals surface area (Å²) >= 11 is 0. The lowest BCUT2D eigenvalue weighted by atomic mass is 10.1. The van der Waals surface area contributed by atoms with Gasteiger partial charge in [0.25, 0.3) is 5.91 Å². The number of carbonyl (C=O) groups excluding carboxylic acids is 1. The number of benzene rings is 1. The van der Waals surface area contributed by atoms with Crippen molar-refractivity contribution in [3.8, 4) is 11.3 Å². The van der Waals surface area contributed by atoms with Crippen LogP contribution >= 0.6 is 0 Å². The van der Waals surface area contributed by atoms with Crippen molar-refractivity contribution in [2.45, 2.75) is 27.3 Å². The van der Waals surface area contributed by atoms with E-state index in [1.54, 1.807) is 46.6 Å². The molecule has 0 bridgehead atoms. The molecule has 10 heteroatoms. The molecule has 0 saturated carbocycles. The molecule has 9 nitrogen and oxygen atoms in total. The molecule has 0 saturated heterocycles. The van der Waals surface area contributed by atoms with Gasteiger partial charge >= 0.3 is 0 Å². The summed E-state index contributed by atoms with van der Waals surface area (Å²) in [6.45, 7) is 6.06. The average Bonchev–Trinajstić information content (AvgIpc) is 3.35. The lowest BCUT2D eigenvalue weighted by Gasteiger charge is -2.08. The monoisotopic (exact) mass is 470 g/mol. The van der Waals surface area contributed by atoms with E-state index < -0.39 is 0 Å². The van der Waals surface area contributed by atoms with Gasteiger partial charge in [-0.2, -0.15) is 10.2 Å². The van der Waals surface area contributed by atoms with Crippen LogP contribution in [0.4, 0.5) is 16.0 Å². The molecule has 5 rings (SSSR count). The van der Waals surface area contributed by atoms with Gasteiger partial charge in [0.05, 0.1) is 23.5 Å². The van der Waals surface area contributed by atoms with E-state index in [0.717, 1.165) is 33.6 Å². The van der Waals surface area contributed by atoms with Gasteiger partial charge in [-0.25, -0.2) is 13.9 Å². The molecule has 0 radical (unpaired) electrons. The van der Waals surface area contributed by atoms with Crippen molar-refractivity contribution in [3.63, 3.8) is 0 Å². The minimum absolute atomic E-state index is 0.288. The zero-order valence-corrected chi connectivity index (χ0v) is 19.5. The molecule has 0 aliphatic heterocycles. The van der Waals surface area contributed by atoms with Crippen molar-refractivity contribution >= 4 is 23.1 Å². The molecule has 0 fully saturated rings. The maximum absolute atomic E-state index is 13.2. The Morgan fingerprint density at radius 3 is 2.63 bits per heavy atom. The largest absolute Gasteiger partial charge is 0.382 e. The molecule has 3 N–H and O–H groups in total. The Hall–Kier alpha value is -4.60. The summed E-state index contributed by atoms with van der Waals surface area (Å²) < 4.78 is 16.6. The maximum Gasteiger partial charge on any atom is 0.258 e. The van der Waals surface area contributed by atoms with Crippen LogP contribution in [0.2, 0.25) is 0 Å². The molecule has 0 unspecified atom stereocenters. The molecule has 4 aromatic heterocycles. The van der Waals surface area contributed by atoms with Gasteiger partial charge in [-0.15, -0.1) is 0 Å². The lowest BCUT2D eigenvalue weighted by Crippen LogP contribution is -2.15. The normalized spacial score (nSPS) is 11.2. The van der Waals surface area contributed by atoms with Gasteiger partial charge in [-0.1, -0.05) is 12.1 Å². The van der Waals surface area contributed by atoms with Gasteiger partial charge < -0.3 is 11.1 Å². The van der Waals surface area contributed by atoms with E-state index in [4.69, 9.17) is 5.73 Å². The topological polar surface area (TPSA) is 116 Å². The number of nitrogens with two attached hydrogens (primary N) is 1. The van der Waals surface area contributed by atoms with Crippen molar-refractivity contribution in [2.24, 2.45) is 0 Å². The molecule has 5 aromatic rings. The third-order valence-corrected chi connectivity index (χ3v) is 5.87. The summed E-state index contributed by atoms with van der Waals surface area (Å²) in [7, 11) is 0. The average molecular weight is 471 g/mol. The van der Waals surface area contributed by atoms with E-state index in [0.29, 0.717) is 29.4 Å². The van der Waals surface area contributed by atoms with E-state index in [1.807, 2.05) is 19.9 Å². The van der Waals surface area contributed by atoms with Gasteiger partial charge in [-0.05, 0) is 56.2 Å². The molecule has 35 heavy (non-hydrogen) atoms. The van der Waals surface area contributed by atoms with Gasteiger partial charge in [-0.3, -0.25) is 14.5 Å². The first-order chi connectivity index (χ1) is 16.8. The van der Waals surface area contributed by atoms with Crippen molar-refractivity contribution in [1.82, 2.24) is 29.4 Å². The fourth-order valence-electron chi connectivity index (χ4n) is 4.04. The Morgan fingerprint density at radius 1 is 1.09 bits per heavy atom. The number of aryl methyl sites for hydroxylation is 3. The van der Waals surface area contributed by atoms with E-state index in [-0.39, 0.29) is 11.7 Å². The maximum atomic E-state index is 13.2. The number of carbonyl (C=O) groups is 1. The van der Waals surface area contributed by atoms with Crippen LogP contribution in [0, 0.1) is 26.6 Å². The van der Waals surface area contributed by atoms with Crippen LogP contribution in [0.5, 0.6) is 0 Å². The van der Waals surface area contributed by atoms with Crippen LogP contribution in [0.1, 0.15) is 32.9 Å². The fourth-order valence-corrected chi connectivity index (χ4v) is 4.04. The number of nitrogen functional groups attached to an aromatic ring is 1. The fraction of sp³-hybridized carbons (Fsp3) is 0.160. The minimum atomic E-state index is -0.324. The van der Waals surface area contributed by atoms with Gasteiger partial charge in [0.15, 0.2) is 11.6 Å². The Bertz CT molecular complexity index is 1570. The second-order valence-electron chi connectivity index (χ2n) is 8.38. The molecule has 1 aromatic carbocycles. The first kappa shape index (κ1) is 22.2.